The van der Waals surface area contributed by atoms with E-state index in [1.165, 1.54) is 0 Å². The number of aromatic nitrogens is 2. The Kier molecular flexibility index (Phi) is 9.87. The summed E-state index contributed by atoms with van der Waals surface area (Å²) < 4.78 is 0. The predicted molar refractivity (Wildman–Crippen MR) is 242 cm³/mol. The highest BCUT2D eigenvalue weighted by atomic mass is 15.1. The average molecular weight is 749 g/mol. The molecule has 0 atom stereocenters. The molecule has 0 fully saturated rings. The van der Waals surface area contributed by atoms with Crippen molar-refractivity contribution in [1.82, 2.24) is 9.97 Å². The molecule has 0 aliphatic heterocycles. The first-order valence-electron chi connectivity index (χ1n) is 19.2. The van der Waals surface area contributed by atoms with Crippen molar-refractivity contribution in [2.45, 2.75) is 0 Å². The molecular formula is C52H40N6. The van der Waals surface area contributed by atoms with Gasteiger partial charge in [0, 0.05) is 81.4 Å². The Morgan fingerprint density at radius 3 is 1.00 bits per heavy atom. The van der Waals surface area contributed by atoms with Crippen LogP contribution >= 0.6 is 0 Å². The number of para-hydroxylation sites is 2. The standard InChI is InChI=1S/C52H40N6/c53-45-18-22-49(23-19-45)57(47-14-3-1-4-15-47)51-31-41(29-43(33-51)39-12-8-26-55-35-39)37-10-7-11-38(28-37)42-30-44(40-13-9-27-56-36-40)34-52(32-42)58(48-16-5-2-6-17-48)50-24-20-46(54)21-25-50/h1-36H,53-54H2. The fourth-order valence-corrected chi connectivity index (χ4v) is 7.39. The molecule has 9 aromatic rings. The maximum Gasteiger partial charge on any atom is 0.0473 e. The van der Waals surface area contributed by atoms with E-state index in [9.17, 15) is 0 Å². The molecular weight excluding hydrogens is 709 g/mol. The predicted octanol–water partition coefficient (Wildman–Crippen LogP) is 13.2. The minimum Gasteiger partial charge on any atom is -0.399 e. The molecule has 2 heterocycles. The van der Waals surface area contributed by atoms with Gasteiger partial charge in [0.15, 0.2) is 0 Å². The van der Waals surface area contributed by atoms with E-state index in [0.717, 1.165) is 90.0 Å². The van der Waals surface area contributed by atoms with Gasteiger partial charge >= 0.3 is 0 Å². The van der Waals surface area contributed by atoms with Crippen molar-refractivity contribution in [3.05, 3.63) is 219 Å². The van der Waals surface area contributed by atoms with Gasteiger partial charge in [0.05, 0.1) is 0 Å². The van der Waals surface area contributed by atoms with Crippen molar-refractivity contribution in [3.63, 3.8) is 0 Å². The van der Waals surface area contributed by atoms with Gasteiger partial charge in [-0.05, 0) is 161 Å². The van der Waals surface area contributed by atoms with E-state index in [-0.39, 0.29) is 0 Å². The third kappa shape index (κ3) is 7.63. The number of nitrogen functional groups attached to an aromatic ring is 2. The molecule has 58 heavy (non-hydrogen) atoms. The molecule has 0 aliphatic rings. The molecule has 0 radical (unpaired) electrons. The number of benzene rings is 7. The van der Waals surface area contributed by atoms with Crippen LogP contribution in [0.25, 0.3) is 44.5 Å². The summed E-state index contributed by atoms with van der Waals surface area (Å²) >= 11 is 0. The van der Waals surface area contributed by atoms with Crippen molar-refractivity contribution in [1.29, 1.82) is 0 Å². The quantitative estimate of drug-likeness (QED) is 0.136. The number of nitrogens with two attached hydrogens (primary N) is 2. The number of nitrogens with zero attached hydrogens (tertiary/aromatic N) is 4. The first-order chi connectivity index (χ1) is 28.6. The molecule has 9 rings (SSSR count). The Labute approximate surface area is 339 Å². The van der Waals surface area contributed by atoms with Crippen LogP contribution in [0, 0.1) is 0 Å². The largest absolute Gasteiger partial charge is 0.399 e. The first-order valence-corrected chi connectivity index (χ1v) is 19.2. The van der Waals surface area contributed by atoms with E-state index in [1.807, 2.05) is 73.3 Å². The third-order valence-corrected chi connectivity index (χ3v) is 10.2. The fraction of sp³-hybridized carbons (Fsp3) is 0. The van der Waals surface area contributed by atoms with Crippen LogP contribution in [0.2, 0.25) is 0 Å². The van der Waals surface area contributed by atoms with Crippen molar-refractivity contribution in [2.75, 3.05) is 21.3 Å². The zero-order valence-electron chi connectivity index (χ0n) is 31.7. The number of anilines is 8. The van der Waals surface area contributed by atoms with Gasteiger partial charge < -0.3 is 21.3 Å². The molecule has 0 amide bonds. The lowest BCUT2D eigenvalue weighted by Crippen LogP contribution is -2.10. The number of hydrogen-bond acceptors (Lipinski definition) is 6. The highest BCUT2D eigenvalue weighted by Gasteiger charge is 2.18. The summed E-state index contributed by atoms with van der Waals surface area (Å²) in [6, 6.07) is 67.3. The topological polar surface area (TPSA) is 84.3 Å². The van der Waals surface area contributed by atoms with Crippen LogP contribution in [0.4, 0.5) is 45.5 Å². The summed E-state index contributed by atoms with van der Waals surface area (Å²) in [4.78, 5) is 13.5. The molecule has 0 bridgehead atoms. The lowest BCUT2D eigenvalue weighted by atomic mass is 9.93. The summed E-state index contributed by atoms with van der Waals surface area (Å²) in [5, 5.41) is 0. The zero-order valence-corrected chi connectivity index (χ0v) is 31.7. The molecule has 278 valence electrons. The third-order valence-electron chi connectivity index (χ3n) is 10.2. The summed E-state index contributed by atoms with van der Waals surface area (Å²) in [5.74, 6) is 0. The summed E-state index contributed by atoms with van der Waals surface area (Å²) in [7, 11) is 0. The van der Waals surface area contributed by atoms with Gasteiger partial charge in [0.1, 0.15) is 0 Å². The lowest BCUT2D eigenvalue weighted by Gasteiger charge is -2.27. The van der Waals surface area contributed by atoms with E-state index >= 15 is 0 Å². The Morgan fingerprint density at radius 2 is 0.621 bits per heavy atom. The molecule has 6 heteroatoms. The van der Waals surface area contributed by atoms with Crippen LogP contribution in [0.5, 0.6) is 0 Å². The number of hydrogen-bond donors (Lipinski definition) is 2. The van der Waals surface area contributed by atoms with Crippen molar-refractivity contribution < 1.29 is 0 Å². The zero-order chi connectivity index (χ0) is 39.3. The van der Waals surface area contributed by atoms with E-state index in [2.05, 4.69) is 165 Å². The Morgan fingerprint density at radius 1 is 0.276 bits per heavy atom. The van der Waals surface area contributed by atoms with E-state index in [1.54, 1.807) is 0 Å². The maximum atomic E-state index is 6.16. The molecule has 0 aliphatic carbocycles. The van der Waals surface area contributed by atoms with Gasteiger partial charge in [0.25, 0.3) is 0 Å². The minimum atomic E-state index is 0.717. The average Bonchev–Trinajstić information content (AvgIpc) is 3.29. The highest BCUT2D eigenvalue weighted by Crippen LogP contribution is 2.42. The SMILES string of the molecule is Nc1ccc(N(c2ccccc2)c2cc(-c3cccnc3)cc(-c3cccc(-c4cc(-c5cccnc5)cc(N(c5ccccc5)c5ccc(N)cc5)c4)c3)c2)cc1. The van der Waals surface area contributed by atoms with E-state index in [0.29, 0.717) is 0 Å². The smallest absolute Gasteiger partial charge is 0.0473 e. The molecule has 2 aromatic heterocycles. The van der Waals surface area contributed by atoms with E-state index < -0.39 is 0 Å². The molecule has 0 saturated heterocycles. The summed E-state index contributed by atoms with van der Waals surface area (Å²) in [6.45, 7) is 0. The summed E-state index contributed by atoms with van der Waals surface area (Å²) in [6.07, 6.45) is 7.45. The van der Waals surface area contributed by atoms with Gasteiger partial charge in [-0.2, -0.15) is 0 Å². The van der Waals surface area contributed by atoms with Crippen LogP contribution in [0.15, 0.2) is 219 Å². The van der Waals surface area contributed by atoms with Crippen LogP contribution in [0.1, 0.15) is 0 Å². The molecule has 7 aromatic carbocycles. The monoisotopic (exact) mass is 748 g/mol. The molecule has 0 spiro atoms. The van der Waals surface area contributed by atoms with Crippen LogP contribution in [0.3, 0.4) is 0 Å². The van der Waals surface area contributed by atoms with Crippen molar-refractivity contribution in [3.8, 4) is 44.5 Å². The van der Waals surface area contributed by atoms with E-state index in [4.69, 9.17) is 11.5 Å². The number of rotatable bonds is 10. The fourth-order valence-electron chi connectivity index (χ4n) is 7.39. The molecule has 0 unspecified atom stereocenters. The molecule has 0 saturated carbocycles. The van der Waals surface area contributed by atoms with Gasteiger partial charge in [-0.15, -0.1) is 0 Å². The Balaban J connectivity index is 1.22. The second-order valence-electron chi connectivity index (χ2n) is 14.1. The molecule has 4 N–H and O–H groups in total. The first kappa shape index (κ1) is 35.7. The van der Waals surface area contributed by atoms with Crippen LogP contribution < -0.4 is 21.3 Å². The maximum absolute atomic E-state index is 6.16. The minimum absolute atomic E-state index is 0.717. The lowest BCUT2D eigenvalue weighted by molar-refractivity contribution is 1.28. The second-order valence-corrected chi connectivity index (χ2v) is 14.1. The summed E-state index contributed by atoms with van der Waals surface area (Å²) in [5.41, 5.74) is 28.4. The highest BCUT2D eigenvalue weighted by molar-refractivity contribution is 5.88. The van der Waals surface area contributed by atoms with Crippen molar-refractivity contribution >= 4 is 45.5 Å². The normalized spacial score (nSPS) is 10.9. The van der Waals surface area contributed by atoms with Crippen LogP contribution in [-0.4, -0.2) is 9.97 Å². The Bertz CT molecular complexity index is 2580. The van der Waals surface area contributed by atoms with Gasteiger partial charge in [-0.25, -0.2) is 0 Å². The number of pyridine rings is 2. The van der Waals surface area contributed by atoms with Gasteiger partial charge in [0.2, 0.25) is 0 Å². The van der Waals surface area contributed by atoms with Gasteiger partial charge in [-0.1, -0.05) is 66.7 Å². The van der Waals surface area contributed by atoms with Crippen molar-refractivity contribution in [2.24, 2.45) is 0 Å². The molecule has 6 nitrogen and oxygen atoms in total. The Hall–Kier alpha value is -7.96. The van der Waals surface area contributed by atoms with Gasteiger partial charge in [-0.3, -0.25) is 9.97 Å². The second kappa shape index (κ2) is 16.0. The van der Waals surface area contributed by atoms with Crippen LogP contribution in [-0.2, 0) is 0 Å².